The number of rotatable bonds is 3. The van der Waals surface area contributed by atoms with Crippen LogP contribution in [0.5, 0.6) is 0 Å². The van der Waals surface area contributed by atoms with Crippen molar-refractivity contribution < 1.29 is 21.6 Å². The summed E-state index contributed by atoms with van der Waals surface area (Å²) >= 11 is 6.94. The zero-order valence-corrected chi connectivity index (χ0v) is 13.7. The Labute approximate surface area is 130 Å². The van der Waals surface area contributed by atoms with Gasteiger partial charge in [0, 0.05) is 22.8 Å². The van der Waals surface area contributed by atoms with Crippen LogP contribution in [-0.4, -0.2) is 32.0 Å². The smallest absolute Gasteiger partial charge is 0.207 e. The van der Waals surface area contributed by atoms with Crippen molar-refractivity contribution in [1.82, 2.24) is 4.31 Å². The molecule has 9 heteroatoms. The second-order valence-corrected chi connectivity index (χ2v) is 8.53. The summed E-state index contributed by atoms with van der Waals surface area (Å²) in [5.74, 6) is -1.40. The SMILES string of the molecule is Cc1sc(CCl)cc1S(=O)(=O)N1CCCC(C(F)(F)F)C1. The zero-order valence-electron chi connectivity index (χ0n) is 11.3. The quantitative estimate of drug-likeness (QED) is 0.769. The Morgan fingerprint density at radius 3 is 2.67 bits per heavy atom. The van der Waals surface area contributed by atoms with E-state index in [2.05, 4.69) is 0 Å². The predicted molar refractivity (Wildman–Crippen MR) is 76.2 cm³/mol. The van der Waals surface area contributed by atoms with Gasteiger partial charge in [-0.1, -0.05) is 0 Å². The van der Waals surface area contributed by atoms with Crippen molar-refractivity contribution in [1.29, 1.82) is 0 Å². The van der Waals surface area contributed by atoms with Gasteiger partial charge in [0.25, 0.3) is 0 Å². The second kappa shape index (κ2) is 6.06. The van der Waals surface area contributed by atoms with Crippen LogP contribution in [0.3, 0.4) is 0 Å². The van der Waals surface area contributed by atoms with Crippen LogP contribution >= 0.6 is 22.9 Å². The first-order valence-electron chi connectivity index (χ1n) is 6.38. The Morgan fingerprint density at radius 2 is 2.14 bits per heavy atom. The fourth-order valence-electron chi connectivity index (χ4n) is 2.41. The minimum absolute atomic E-state index is 0.0227. The van der Waals surface area contributed by atoms with E-state index in [-0.39, 0.29) is 30.2 Å². The molecular formula is C12H15ClF3NO2S2. The fourth-order valence-corrected chi connectivity index (χ4v) is 5.63. The van der Waals surface area contributed by atoms with Crippen molar-refractivity contribution in [2.45, 2.75) is 36.7 Å². The number of aryl methyl sites for hydroxylation is 1. The van der Waals surface area contributed by atoms with Crippen molar-refractivity contribution in [3.63, 3.8) is 0 Å². The lowest BCUT2D eigenvalue weighted by atomic mass is 9.99. The third-order valence-electron chi connectivity index (χ3n) is 3.52. The molecule has 3 nitrogen and oxygen atoms in total. The van der Waals surface area contributed by atoms with Crippen LogP contribution in [0.25, 0.3) is 0 Å². The highest BCUT2D eigenvalue weighted by Crippen LogP contribution is 2.36. The van der Waals surface area contributed by atoms with Crippen LogP contribution in [0.1, 0.15) is 22.6 Å². The van der Waals surface area contributed by atoms with E-state index in [0.29, 0.717) is 9.75 Å². The highest BCUT2D eigenvalue weighted by Gasteiger charge is 2.44. The van der Waals surface area contributed by atoms with Crippen LogP contribution in [0.4, 0.5) is 13.2 Å². The summed E-state index contributed by atoms with van der Waals surface area (Å²) in [4.78, 5) is 1.32. The Morgan fingerprint density at radius 1 is 1.48 bits per heavy atom. The van der Waals surface area contributed by atoms with Crippen LogP contribution in [0.2, 0.25) is 0 Å². The van der Waals surface area contributed by atoms with E-state index in [0.717, 1.165) is 4.31 Å². The Balaban J connectivity index is 2.28. The van der Waals surface area contributed by atoms with Gasteiger partial charge in [-0.3, -0.25) is 0 Å². The summed E-state index contributed by atoms with van der Waals surface area (Å²) in [6.45, 7) is 1.26. The summed E-state index contributed by atoms with van der Waals surface area (Å²) in [6, 6.07) is 1.46. The third kappa shape index (κ3) is 3.55. The lowest BCUT2D eigenvalue weighted by Gasteiger charge is -2.32. The number of alkyl halides is 4. The second-order valence-electron chi connectivity index (χ2n) is 5.01. The number of halogens is 4. The Kier molecular flexibility index (Phi) is 4.92. The molecule has 0 amide bonds. The predicted octanol–water partition coefficient (Wildman–Crippen LogP) is 3.76. The van der Waals surface area contributed by atoms with E-state index in [4.69, 9.17) is 11.6 Å². The van der Waals surface area contributed by atoms with Crippen molar-refractivity contribution in [3.8, 4) is 0 Å². The molecule has 0 N–H and O–H groups in total. The number of sulfonamides is 1. The largest absolute Gasteiger partial charge is 0.393 e. The van der Waals surface area contributed by atoms with Crippen molar-refractivity contribution in [2.24, 2.45) is 5.92 Å². The standard InChI is InChI=1S/C12H15ClF3NO2S2/c1-8-11(5-10(6-13)20-8)21(18,19)17-4-2-3-9(7-17)12(14,15)16/h5,9H,2-4,6-7H2,1H3. The minimum Gasteiger partial charge on any atom is -0.207 e. The van der Waals surface area contributed by atoms with Gasteiger partial charge in [-0.15, -0.1) is 22.9 Å². The highest BCUT2D eigenvalue weighted by atomic mass is 35.5. The monoisotopic (exact) mass is 361 g/mol. The van der Waals surface area contributed by atoms with Crippen LogP contribution in [-0.2, 0) is 15.9 Å². The first-order valence-corrected chi connectivity index (χ1v) is 9.17. The van der Waals surface area contributed by atoms with Gasteiger partial charge >= 0.3 is 6.18 Å². The summed E-state index contributed by atoms with van der Waals surface area (Å²) in [5.41, 5.74) is 0. The summed E-state index contributed by atoms with van der Waals surface area (Å²) in [7, 11) is -3.89. The Hall–Kier alpha value is -0.310. The molecule has 1 fully saturated rings. The molecule has 1 aliphatic rings. The lowest BCUT2D eigenvalue weighted by Crippen LogP contribution is -2.44. The van der Waals surface area contributed by atoms with Crippen molar-refractivity contribution in [3.05, 3.63) is 15.8 Å². The number of thiophene rings is 1. The molecule has 1 aliphatic heterocycles. The van der Waals surface area contributed by atoms with E-state index in [9.17, 15) is 21.6 Å². The maximum absolute atomic E-state index is 12.8. The van der Waals surface area contributed by atoms with Crippen molar-refractivity contribution >= 4 is 33.0 Å². The number of piperidine rings is 1. The molecule has 0 radical (unpaired) electrons. The van der Waals surface area contributed by atoms with Gasteiger partial charge in [0.1, 0.15) is 0 Å². The molecule has 1 saturated heterocycles. The van der Waals surface area contributed by atoms with Gasteiger partial charge < -0.3 is 0 Å². The molecule has 1 atom stereocenters. The van der Waals surface area contributed by atoms with Crippen LogP contribution in [0, 0.1) is 12.8 Å². The minimum atomic E-state index is -4.36. The Bertz CT molecular complexity index is 613. The van der Waals surface area contributed by atoms with Gasteiger partial charge in [-0.25, -0.2) is 8.42 Å². The van der Waals surface area contributed by atoms with Gasteiger partial charge in [-0.2, -0.15) is 17.5 Å². The van der Waals surface area contributed by atoms with Gasteiger partial charge in [0.05, 0.1) is 16.7 Å². The summed E-state index contributed by atoms with van der Waals surface area (Å²) in [5, 5.41) is 0. The van der Waals surface area contributed by atoms with Crippen molar-refractivity contribution in [2.75, 3.05) is 13.1 Å². The maximum Gasteiger partial charge on any atom is 0.393 e. The first-order chi connectivity index (χ1) is 9.66. The molecule has 21 heavy (non-hydrogen) atoms. The van der Waals surface area contributed by atoms with Gasteiger partial charge in [0.2, 0.25) is 10.0 Å². The molecule has 0 spiro atoms. The molecule has 0 aromatic carbocycles. The average molecular weight is 362 g/mol. The van der Waals surface area contributed by atoms with E-state index in [1.807, 2.05) is 0 Å². The number of nitrogens with zero attached hydrogens (tertiary/aromatic N) is 1. The van der Waals surface area contributed by atoms with Crippen LogP contribution in [0.15, 0.2) is 11.0 Å². The average Bonchev–Trinajstić information content (AvgIpc) is 2.80. The maximum atomic E-state index is 12.8. The molecule has 2 rings (SSSR count). The first kappa shape index (κ1) is 17.1. The van der Waals surface area contributed by atoms with Gasteiger partial charge in [0.15, 0.2) is 0 Å². The summed E-state index contributed by atoms with van der Waals surface area (Å²) < 4.78 is 64.4. The van der Waals surface area contributed by atoms with E-state index in [1.54, 1.807) is 6.92 Å². The topological polar surface area (TPSA) is 37.4 Å². The number of hydrogen-bond donors (Lipinski definition) is 0. The number of hydrogen-bond acceptors (Lipinski definition) is 3. The molecule has 0 aliphatic carbocycles. The molecule has 1 aromatic rings. The van der Waals surface area contributed by atoms with E-state index in [1.165, 1.54) is 17.4 Å². The normalized spacial score (nSPS) is 21.7. The van der Waals surface area contributed by atoms with E-state index < -0.39 is 28.7 Å². The summed E-state index contributed by atoms with van der Waals surface area (Å²) in [6.07, 6.45) is -4.17. The highest BCUT2D eigenvalue weighted by molar-refractivity contribution is 7.89. The third-order valence-corrected chi connectivity index (χ3v) is 7.14. The molecule has 1 unspecified atom stereocenters. The fraction of sp³-hybridized carbons (Fsp3) is 0.667. The zero-order chi connectivity index (χ0) is 15.8. The molecular weight excluding hydrogens is 347 g/mol. The molecule has 0 bridgehead atoms. The van der Waals surface area contributed by atoms with Gasteiger partial charge in [-0.05, 0) is 25.8 Å². The molecule has 0 saturated carbocycles. The molecule has 1 aromatic heterocycles. The molecule has 120 valence electrons. The van der Waals surface area contributed by atoms with E-state index >= 15 is 0 Å². The van der Waals surface area contributed by atoms with Crippen LogP contribution < -0.4 is 0 Å². The molecule has 2 heterocycles. The lowest BCUT2D eigenvalue weighted by molar-refractivity contribution is -0.182.